The minimum absolute atomic E-state index is 0.0761. The minimum atomic E-state index is -0.886. The molecule has 3 heterocycles. The smallest absolute Gasteiger partial charge is 0.407 e. The number of carboxylic acid groups (broad SMARTS) is 1. The summed E-state index contributed by atoms with van der Waals surface area (Å²) in [4.78, 5) is 25.6. The van der Waals surface area contributed by atoms with Gasteiger partial charge in [-0.25, -0.2) is 14.8 Å². The Hall–Kier alpha value is -2.90. The fourth-order valence-electron chi connectivity index (χ4n) is 3.47. The molecule has 162 valence electrons. The Balaban J connectivity index is 1.64. The highest BCUT2D eigenvalue weighted by Gasteiger charge is 2.25. The van der Waals surface area contributed by atoms with Gasteiger partial charge in [-0.05, 0) is 38.8 Å². The molecule has 0 aromatic carbocycles. The summed E-state index contributed by atoms with van der Waals surface area (Å²) >= 11 is 0. The van der Waals surface area contributed by atoms with Gasteiger partial charge in [0.25, 0.3) is 0 Å². The lowest BCUT2D eigenvalue weighted by Gasteiger charge is -2.30. The van der Waals surface area contributed by atoms with Gasteiger partial charge < -0.3 is 19.5 Å². The van der Waals surface area contributed by atoms with Gasteiger partial charge in [-0.15, -0.1) is 0 Å². The summed E-state index contributed by atoms with van der Waals surface area (Å²) in [6, 6.07) is 3.94. The number of rotatable bonds is 8. The summed E-state index contributed by atoms with van der Waals surface area (Å²) in [6.07, 6.45) is 6.23. The van der Waals surface area contributed by atoms with Crippen LogP contribution in [0.3, 0.4) is 0 Å². The van der Waals surface area contributed by atoms with Gasteiger partial charge in [-0.3, -0.25) is 4.98 Å². The molecule has 2 aromatic heterocycles. The van der Waals surface area contributed by atoms with E-state index in [1.54, 1.807) is 0 Å². The van der Waals surface area contributed by atoms with E-state index < -0.39 is 6.09 Å². The van der Waals surface area contributed by atoms with Crippen molar-refractivity contribution >= 4 is 6.09 Å². The quantitative estimate of drug-likeness (QED) is 0.634. The van der Waals surface area contributed by atoms with Gasteiger partial charge in [0.05, 0.1) is 11.3 Å². The van der Waals surface area contributed by atoms with Crippen LogP contribution in [-0.2, 0) is 6.42 Å². The molecule has 1 aliphatic rings. The molecular weight excluding hydrogens is 384 g/mol. The molecule has 0 saturated carbocycles. The summed E-state index contributed by atoms with van der Waals surface area (Å²) in [5.74, 6) is 1.57. The Labute approximate surface area is 177 Å². The molecule has 0 aliphatic carbocycles. The van der Waals surface area contributed by atoms with Crippen molar-refractivity contribution < 1.29 is 19.4 Å². The van der Waals surface area contributed by atoms with Gasteiger partial charge in [0.1, 0.15) is 12.4 Å². The van der Waals surface area contributed by atoms with Crippen LogP contribution in [0.2, 0.25) is 0 Å². The second kappa shape index (κ2) is 10.2. The number of ether oxygens (including phenoxy) is 2. The number of aryl methyl sites for hydroxylation is 2. The Bertz CT molecular complexity index is 866. The van der Waals surface area contributed by atoms with Gasteiger partial charge in [0.15, 0.2) is 5.75 Å². The molecule has 1 amide bonds. The van der Waals surface area contributed by atoms with Crippen molar-refractivity contribution in [3.8, 4) is 17.5 Å². The maximum absolute atomic E-state index is 11.0. The lowest BCUT2D eigenvalue weighted by Crippen LogP contribution is -2.41. The second-order valence-corrected chi connectivity index (χ2v) is 7.64. The number of likely N-dealkylation sites (tertiary alicyclic amines) is 1. The number of unbranched alkanes of at least 4 members (excludes halogenated alkanes) is 2. The van der Waals surface area contributed by atoms with E-state index in [0.29, 0.717) is 49.0 Å². The van der Waals surface area contributed by atoms with Crippen molar-refractivity contribution in [3.63, 3.8) is 0 Å². The fourth-order valence-corrected chi connectivity index (χ4v) is 3.47. The topological polar surface area (TPSA) is 97.7 Å². The molecule has 0 unspecified atom stereocenters. The van der Waals surface area contributed by atoms with E-state index in [-0.39, 0.29) is 6.10 Å². The number of carbonyl (C=O) groups is 1. The average Bonchev–Trinajstić information content (AvgIpc) is 2.73. The molecule has 1 aliphatic heterocycles. The van der Waals surface area contributed by atoms with E-state index in [0.717, 1.165) is 24.2 Å². The normalized spacial score (nSPS) is 14.6. The zero-order chi connectivity index (χ0) is 21.5. The third kappa shape index (κ3) is 5.58. The highest BCUT2D eigenvalue weighted by Crippen LogP contribution is 2.30. The lowest BCUT2D eigenvalue weighted by atomic mass is 10.1. The number of amides is 1. The van der Waals surface area contributed by atoms with Crippen LogP contribution in [0, 0.1) is 13.8 Å². The van der Waals surface area contributed by atoms with Crippen LogP contribution in [0.5, 0.6) is 17.5 Å². The largest absolute Gasteiger partial charge is 0.474 e. The Morgan fingerprint density at radius 2 is 1.90 bits per heavy atom. The van der Waals surface area contributed by atoms with Crippen LogP contribution < -0.4 is 9.47 Å². The van der Waals surface area contributed by atoms with Crippen LogP contribution in [0.4, 0.5) is 4.79 Å². The fraction of sp³-hybridized carbons (Fsp3) is 0.545. The number of pyridine rings is 1. The molecule has 0 spiro atoms. The third-order valence-electron chi connectivity index (χ3n) is 5.32. The number of hydrogen-bond acceptors (Lipinski definition) is 6. The summed E-state index contributed by atoms with van der Waals surface area (Å²) < 4.78 is 12.0. The molecule has 8 heteroatoms. The van der Waals surface area contributed by atoms with E-state index in [9.17, 15) is 4.79 Å². The van der Waals surface area contributed by atoms with Crippen molar-refractivity contribution in [2.75, 3.05) is 13.1 Å². The van der Waals surface area contributed by atoms with Gasteiger partial charge in [0, 0.05) is 31.6 Å². The monoisotopic (exact) mass is 414 g/mol. The van der Waals surface area contributed by atoms with Gasteiger partial charge >= 0.3 is 6.09 Å². The summed E-state index contributed by atoms with van der Waals surface area (Å²) in [7, 11) is 0. The molecule has 8 nitrogen and oxygen atoms in total. The maximum atomic E-state index is 11.0. The average molecular weight is 415 g/mol. The van der Waals surface area contributed by atoms with Crippen molar-refractivity contribution in [1.82, 2.24) is 19.9 Å². The molecule has 1 saturated heterocycles. The van der Waals surface area contributed by atoms with E-state index in [2.05, 4.69) is 21.9 Å². The van der Waals surface area contributed by atoms with E-state index in [1.165, 1.54) is 24.1 Å². The number of nitrogens with zero attached hydrogens (tertiary/aromatic N) is 4. The van der Waals surface area contributed by atoms with Crippen LogP contribution in [0.25, 0.3) is 0 Å². The first kappa shape index (κ1) is 21.8. The second-order valence-electron chi connectivity index (χ2n) is 7.64. The zero-order valence-corrected chi connectivity index (χ0v) is 17.9. The third-order valence-corrected chi connectivity index (χ3v) is 5.32. The molecule has 0 bridgehead atoms. The molecule has 1 fully saturated rings. The maximum Gasteiger partial charge on any atom is 0.407 e. The number of hydrogen-bond donors (Lipinski definition) is 1. The van der Waals surface area contributed by atoms with E-state index in [1.807, 2.05) is 26.0 Å². The number of piperidine rings is 1. The summed E-state index contributed by atoms with van der Waals surface area (Å²) in [5, 5.41) is 9.07. The first-order valence-electron chi connectivity index (χ1n) is 10.6. The Kier molecular flexibility index (Phi) is 7.43. The molecule has 1 N–H and O–H groups in total. The first-order valence-corrected chi connectivity index (χ1v) is 10.6. The highest BCUT2D eigenvalue weighted by atomic mass is 16.5. The minimum Gasteiger partial charge on any atom is -0.474 e. The predicted octanol–water partition coefficient (Wildman–Crippen LogP) is 4.53. The van der Waals surface area contributed by atoms with Crippen molar-refractivity contribution in [1.29, 1.82) is 0 Å². The van der Waals surface area contributed by atoms with Crippen molar-refractivity contribution in [2.45, 2.75) is 65.4 Å². The standard InChI is InChI=1S/C22H30N4O4/c1-4-5-6-7-17-8-9-19(16(3)25-17)30-21-15(2)20(23-14-24-21)29-18-10-12-26(13-11-18)22(27)28/h8-9,14,18H,4-7,10-13H2,1-3H3,(H,27,28). The summed E-state index contributed by atoms with van der Waals surface area (Å²) in [5.41, 5.74) is 2.61. The molecule has 2 aromatic rings. The van der Waals surface area contributed by atoms with Gasteiger partial charge in [-0.2, -0.15) is 0 Å². The van der Waals surface area contributed by atoms with Gasteiger partial charge in [0.2, 0.25) is 11.8 Å². The number of aromatic nitrogens is 3. The summed E-state index contributed by atoms with van der Waals surface area (Å²) in [6.45, 7) is 6.91. The predicted molar refractivity (Wildman–Crippen MR) is 112 cm³/mol. The van der Waals surface area contributed by atoms with Gasteiger partial charge in [-0.1, -0.05) is 19.8 Å². The van der Waals surface area contributed by atoms with Crippen molar-refractivity contribution in [3.05, 3.63) is 35.4 Å². The van der Waals surface area contributed by atoms with E-state index in [4.69, 9.17) is 14.6 Å². The Morgan fingerprint density at radius 1 is 1.17 bits per heavy atom. The van der Waals surface area contributed by atoms with Crippen LogP contribution in [-0.4, -0.2) is 50.2 Å². The van der Waals surface area contributed by atoms with Crippen LogP contribution in [0.1, 0.15) is 56.0 Å². The molecule has 0 radical (unpaired) electrons. The molecular formula is C22H30N4O4. The first-order chi connectivity index (χ1) is 14.5. The lowest BCUT2D eigenvalue weighted by molar-refractivity contribution is 0.0864. The highest BCUT2D eigenvalue weighted by molar-refractivity contribution is 5.65. The Morgan fingerprint density at radius 3 is 2.57 bits per heavy atom. The van der Waals surface area contributed by atoms with E-state index >= 15 is 0 Å². The zero-order valence-electron chi connectivity index (χ0n) is 17.9. The SMILES string of the molecule is CCCCCc1ccc(Oc2ncnc(OC3CCN(C(=O)O)CC3)c2C)c(C)n1. The van der Waals surface area contributed by atoms with Crippen LogP contribution >= 0.6 is 0 Å². The molecule has 30 heavy (non-hydrogen) atoms. The molecule has 3 rings (SSSR count). The van der Waals surface area contributed by atoms with Crippen LogP contribution in [0.15, 0.2) is 18.5 Å². The molecule has 0 atom stereocenters. The van der Waals surface area contributed by atoms with Crippen molar-refractivity contribution in [2.24, 2.45) is 0 Å².